The molecule has 24 heavy (non-hydrogen) atoms. The number of rotatable bonds is 6. The summed E-state index contributed by atoms with van der Waals surface area (Å²) >= 11 is 0. The number of piperazine rings is 1. The number of nitrogens with one attached hydrogen (secondary N) is 3. The number of hydrogen-bond donors (Lipinski definition) is 3. The quantitative estimate of drug-likeness (QED) is 0.723. The van der Waals surface area contributed by atoms with Crippen molar-refractivity contribution in [1.29, 1.82) is 0 Å². The number of carbonyl (C=O) groups is 1. The average molecular weight is 332 g/mol. The molecule has 0 aromatic heterocycles. The van der Waals surface area contributed by atoms with E-state index in [1.54, 1.807) is 0 Å². The maximum absolute atomic E-state index is 11.8. The molecule has 1 aromatic carbocycles. The highest BCUT2D eigenvalue weighted by Gasteiger charge is 2.23. The Morgan fingerprint density at radius 2 is 2.04 bits per heavy atom. The molecule has 2 atom stereocenters. The Morgan fingerprint density at radius 3 is 2.83 bits per heavy atom. The van der Waals surface area contributed by atoms with E-state index in [0.717, 1.165) is 52.1 Å². The Balaban J connectivity index is 1.41. The fourth-order valence-electron chi connectivity index (χ4n) is 3.38. The molecule has 2 saturated heterocycles. The SMILES string of the molecule is O=C(NCC[C@H]1CNCCN1Cc1ccccc1)OC1CCNC1. The van der Waals surface area contributed by atoms with Gasteiger partial charge >= 0.3 is 6.09 Å². The minimum Gasteiger partial charge on any atom is -0.445 e. The molecule has 6 heteroatoms. The fraction of sp³-hybridized carbons (Fsp3) is 0.611. The summed E-state index contributed by atoms with van der Waals surface area (Å²) in [4.78, 5) is 14.3. The van der Waals surface area contributed by atoms with Crippen molar-refractivity contribution in [3.8, 4) is 0 Å². The Kier molecular flexibility index (Phi) is 6.46. The highest BCUT2D eigenvalue weighted by atomic mass is 16.6. The van der Waals surface area contributed by atoms with Crippen molar-refractivity contribution in [3.63, 3.8) is 0 Å². The molecule has 0 radical (unpaired) electrons. The monoisotopic (exact) mass is 332 g/mol. The number of alkyl carbamates (subject to hydrolysis) is 1. The van der Waals surface area contributed by atoms with Gasteiger partial charge in [-0.1, -0.05) is 30.3 Å². The predicted octanol–water partition coefficient (Wildman–Crippen LogP) is 0.939. The second-order valence-corrected chi connectivity index (χ2v) is 6.55. The Bertz CT molecular complexity index is 505. The first kappa shape index (κ1) is 17.2. The molecule has 0 spiro atoms. The van der Waals surface area contributed by atoms with Gasteiger partial charge in [0.1, 0.15) is 6.10 Å². The maximum Gasteiger partial charge on any atom is 0.407 e. The zero-order valence-electron chi connectivity index (χ0n) is 14.2. The molecule has 6 nitrogen and oxygen atoms in total. The average Bonchev–Trinajstić information content (AvgIpc) is 3.10. The Morgan fingerprint density at radius 1 is 1.21 bits per heavy atom. The number of nitrogens with zero attached hydrogens (tertiary/aromatic N) is 1. The molecule has 2 aliphatic rings. The van der Waals surface area contributed by atoms with E-state index in [0.29, 0.717) is 12.6 Å². The second kappa shape index (κ2) is 9.01. The third-order valence-corrected chi connectivity index (χ3v) is 4.74. The molecule has 1 unspecified atom stereocenters. The van der Waals surface area contributed by atoms with Gasteiger partial charge in [-0.15, -0.1) is 0 Å². The predicted molar refractivity (Wildman–Crippen MR) is 93.9 cm³/mol. The molecular formula is C18H28N4O2. The number of hydrogen-bond acceptors (Lipinski definition) is 5. The van der Waals surface area contributed by atoms with Crippen LogP contribution in [0.25, 0.3) is 0 Å². The van der Waals surface area contributed by atoms with Crippen molar-refractivity contribution < 1.29 is 9.53 Å². The molecule has 0 saturated carbocycles. The molecule has 132 valence electrons. The van der Waals surface area contributed by atoms with Crippen molar-refractivity contribution in [1.82, 2.24) is 20.9 Å². The zero-order chi connectivity index (χ0) is 16.6. The summed E-state index contributed by atoms with van der Waals surface area (Å²) in [6, 6.07) is 11.0. The largest absolute Gasteiger partial charge is 0.445 e. The van der Waals surface area contributed by atoms with Crippen LogP contribution in [0.5, 0.6) is 0 Å². The van der Waals surface area contributed by atoms with Crippen LogP contribution in [0.3, 0.4) is 0 Å². The van der Waals surface area contributed by atoms with Crippen molar-refractivity contribution in [2.24, 2.45) is 0 Å². The highest BCUT2D eigenvalue weighted by Crippen LogP contribution is 2.12. The molecule has 0 bridgehead atoms. The number of carbonyl (C=O) groups excluding carboxylic acids is 1. The minimum absolute atomic E-state index is 0.0240. The van der Waals surface area contributed by atoms with Crippen LogP contribution in [0.1, 0.15) is 18.4 Å². The third kappa shape index (κ3) is 5.19. The highest BCUT2D eigenvalue weighted by molar-refractivity contribution is 5.67. The van der Waals surface area contributed by atoms with Crippen LogP contribution < -0.4 is 16.0 Å². The normalized spacial score (nSPS) is 24.7. The number of amides is 1. The van der Waals surface area contributed by atoms with Crippen LogP contribution in [0.15, 0.2) is 30.3 Å². The van der Waals surface area contributed by atoms with E-state index in [1.807, 2.05) is 6.07 Å². The molecule has 2 aliphatic heterocycles. The van der Waals surface area contributed by atoms with Gasteiger partial charge in [-0.05, 0) is 24.9 Å². The summed E-state index contributed by atoms with van der Waals surface area (Å²) < 4.78 is 5.38. The Hall–Kier alpha value is -1.63. The van der Waals surface area contributed by atoms with E-state index in [1.165, 1.54) is 5.56 Å². The minimum atomic E-state index is -0.290. The van der Waals surface area contributed by atoms with Crippen LogP contribution in [0, 0.1) is 0 Å². The van der Waals surface area contributed by atoms with E-state index in [4.69, 9.17) is 4.74 Å². The summed E-state index contributed by atoms with van der Waals surface area (Å²) in [5.74, 6) is 0. The number of ether oxygens (including phenoxy) is 1. The summed E-state index contributed by atoms with van der Waals surface area (Å²) in [6.45, 7) is 6.34. The van der Waals surface area contributed by atoms with Crippen LogP contribution >= 0.6 is 0 Å². The standard InChI is InChI=1S/C18H28N4O2/c23-18(24-17-7-8-19-13-17)21-9-6-16-12-20-10-11-22(16)14-15-4-2-1-3-5-15/h1-5,16-17,19-20H,6-14H2,(H,21,23)/t16-,17?/m0/s1. The van der Waals surface area contributed by atoms with Gasteiger partial charge in [0.25, 0.3) is 0 Å². The Labute approximate surface area is 143 Å². The van der Waals surface area contributed by atoms with Gasteiger partial charge in [0, 0.05) is 45.3 Å². The molecule has 3 N–H and O–H groups in total. The summed E-state index contributed by atoms with van der Waals surface area (Å²) in [5, 5.41) is 9.55. The van der Waals surface area contributed by atoms with Gasteiger partial charge in [0.15, 0.2) is 0 Å². The van der Waals surface area contributed by atoms with Crippen LogP contribution in [0.4, 0.5) is 4.79 Å². The van der Waals surface area contributed by atoms with Crippen LogP contribution in [0.2, 0.25) is 0 Å². The molecule has 1 amide bonds. The van der Waals surface area contributed by atoms with E-state index in [2.05, 4.69) is 45.1 Å². The van der Waals surface area contributed by atoms with Gasteiger partial charge in [0.05, 0.1) is 0 Å². The smallest absolute Gasteiger partial charge is 0.407 e. The lowest BCUT2D eigenvalue weighted by Crippen LogP contribution is -2.51. The van der Waals surface area contributed by atoms with Crippen LogP contribution in [-0.4, -0.2) is 62.4 Å². The lowest BCUT2D eigenvalue weighted by atomic mass is 10.1. The van der Waals surface area contributed by atoms with Crippen molar-refractivity contribution in [2.75, 3.05) is 39.3 Å². The number of benzene rings is 1. The van der Waals surface area contributed by atoms with Crippen molar-refractivity contribution >= 4 is 6.09 Å². The molecular weight excluding hydrogens is 304 g/mol. The molecule has 1 aromatic rings. The van der Waals surface area contributed by atoms with Gasteiger partial charge in [-0.3, -0.25) is 4.90 Å². The zero-order valence-corrected chi connectivity index (χ0v) is 14.2. The summed E-state index contributed by atoms with van der Waals surface area (Å²) in [5.41, 5.74) is 1.34. The lowest BCUT2D eigenvalue weighted by molar-refractivity contribution is 0.104. The topological polar surface area (TPSA) is 65.6 Å². The third-order valence-electron chi connectivity index (χ3n) is 4.74. The fourth-order valence-corrected chi connectivity index (χ4v) is 3.38. The van der Waals surface area contributed by atoms with E-state index < -0.39 is 0 Å². The van der Waals surface area contributed by atoms with E-state index in [9.17, 15) is 4.79 Å². The van der Waals surface area contributed by atoms with Crippen molar-refractivity contribution in [3.05, 3.63) is 35.9 Å². The van der Waals surface area contributed by atoms with Gasteiger partial charge in [0.2, 0.25) is 0 Å². The van der Waals surface area contributed by atoms with E-state index >= 15 is 0 Å². The molecule has 3 rings (SSSR count). The van der Waals surface area contributed by atoms with Gasteiger partial charge in [-0.25, -0.2) is 4.79 Å². The van der Waals surface area contributed by atoms with Crippen molar-refractivity contribution in [2.45, 2.75) is 31.5 Å². The first-order chi connectivity index (χ1) is 11.8. The van der Waals surface area contributed by atoms with Gasteiger partial charge in [-0.2, -0.15) is 0 Å². The molecule has 2 heterocycles. The first-order valence-corrected chi connectivity index (χ1v) is 8.95. The molecule has 0 aliphatic carbocycles. The van der Waals surface area contributed by atoms with Crippen LogP contribution in [-0.2, 0) is 11.3 Å². The second-order valence-electron chi connectivity index (χ2n) is 6.55. The maximum atomic E-state index is 11.8. The van der Waals surface area contributed by atoms with Gasteiger partial charge < -0.3 is 20.7 Å². The summed E-state index contributed by atoms with van der Waals surface area (Å²) in [7, 11) is 0. The lowest BCUT2D eigenvalue weighted by Gasteiger charge is -2.36. The summed E-state index contributed by atoms with van der Waals surface area (Å²) in [6.07, 6.45) is 1.57. The first-order valence-electron chi connectivity index (χ1n) is 8.95. The molecule has 2 fully saturated rings. The van der Waals surface area contributed by atoms with E-state index in [-0.39, 0.29) is 12.2 Å².